The van der Waals surface area contributed by atoms with Crippen LogP contribution in [0.4, 0.5) is 5.69 Å². The molecule has 0 saturated heterocycles. The van der Waals surface area contributed by atoms with Gasteiger partial charge in [-0.15, -0.1) is 0 Å². The van der Waals surface area contributed by atoms with E-state index in [-0.39, 0.29) is 11.3 Å². The number of aryl methyl sites for hydroxylation is 1. The van der Waals surface area contributed by atoms with Crippen LogP contribution in [0.25, 0.3) is 0 Å². The van der Waals surface area contributed by atoms with E-state index in [0.29, 0.717) is 0 Å². The van der Waals surface area contributed by atoms with Gasteiger partial charge in [0.25, 0.3) is 0 Å². The SMILES string of the molecule is Cc1ccc(NCCCC(C)(C)C(N)=NO)cc1Cl. The van der Waals surface area contributed by atoms with Gasteiger partial charge in [-0.3, -0.25) is 0 Å². The van der Waals surface area contributed by atoms with Crippen molar-refractivity contribution in [3.05, 3.63) is 28.8 Å². The molecule has 0 spiro atoms. The van der Waals surface area contributed by atoms with E-state index in [4.69, 9.17) is 22.5 Å². The largest absolute Gasteiger partial charge is 0.409 e. The maximum atomic E-state index is 8.69. The van der Waals surface area contributed by atoms with Gasteiger partial charge in [0, 0.05) is 22.7 Å². The standard InChI is InChI=1S/C14H22ClN3O/c1-10-5-6-11(9-12(10)15)17-8-4-7-14(2,3)13(16)18-19/h5-6,9,17,19H,4,7-8H2,1-3H3,(H2,16,18). The average Bonchev–Trinajstić information content (AvgIpc) is 2.37. The first-order valence-corrected chi connectivity index (χ1v) is 6.72. The van der Waals surface area contributed by atoms with Gasteiger partial charge in [-0.1, -0.05) is 36.7 Å². The van der Waals surface area contributed by atoms with E-state index < -0.39 is 0 Å². The summed E-state index contributed by atoms with van der Waals surface area (Å²) in [6.45, 7) is 6.72. The van der Waals surface area contributed by atoms with E-state index in [1.54, 1.807) is 0 Å². The van der Waals surface area contributed by atoms with Gasteiger partial charge >= 0.3 is 0 Å². The van der Waals surface area contributed by atoms with E-state index in [2.05, 4.69) is 10.5 Å². The number of amidine groups is 1. The number of nitrogens with zero attached hydrogens (tertiary/aromatic N) is 1. The Labute approximate surface area is 119 Å². The van der Waals surface area contributed by atoms with Gasteiger partial charge in [-0.25, -0.2) is 0 Å². The zero-order valence-electron chi connectivity index (χ0n) is 11.7. The lowest BCUT2D eigenvalue weighted by molar-refractivity contribution is 0.305. The van der Waals surface area contributed by atoms with Crippen molar-refractivity contribution in [2.75, 3.05) is 11.9 Å². The van der Waals surface area contributed by atoms with Gasteiger partial charge in [0.2, 0.25) is 0 Å². The third-order valence-corrected chi connectivity index (χ3v) is 3.69. The van der Waals surface area contributed by atoms with Crippen LogP contribution in [0.2, 0.25) is 5.02 Å². The molecule has 106 valence electrons. The van der Waals surface area contributed by atoms with Gasteiger partial charge in [0.1, 0.15) is 5.84 Å². The smallest absolute Gasteiger partial charge is 0.144 e. The van der Waals surface area contributed by atoms with Crippen LogP contribution in [-0.4, -0.2) is 17.6 Å². The van der Waals surface area contributed by atoms with Crippen LogP contribution < -0.4 is 11.1 Å². The third-order valence-electron chi connectivity index (χ3n) is 3.28. The van der Waals surface area contributed by atoms with Gasteiger partial charge in [-0.05, 0) is 37.5 Å². The Morgan fingerprint density at radius 1 is 1.47 bits per heavy atom. The van der Waals surface area contributed by atoms with Crippen LogP contribution in [-0.2, 0) is 0 Å². The quantitative estimate of drug-likeness (QED) is 0.245. The number of oxime groups is 1. The van der Waals surface area contributed by atoms with Crippen molar-refractivity contribution < 1.29 is 5.21 Å². The van der Waals surface area contributed by atoms with Crippen LogP contribution in [0.5, 0.6) is 0 Å². The highest BCUT2D eigenvalue weighted by molar-refractivity contribution is 6.31. The summed E-state index contributed by atoms with van der Waals surface area (Å²) < 4.78 is 0. The van der Waals surface area contributed by atoms with E-state index in [1.165, 1.54) is 0 Å². The van der Waals surface area contributed by atoms with Crippen molar-refractivity contribution in [3.8, 4) is 0 Å². The molecule has 0 atom stereocenters. The summed E-state index contributed by atoms with van der Waals surface area (Å²) in [5.74, 6) is 0.269. The molecule has 0 fully saturated rings. The summed E-state index contributed by atoms with van der Waals surface area (Å²) >= 11 is 6.06. The topological polar surface area (TPSA) is 70.6 Å². The van der Waals surface area contributed by atoms with Crippen LogP contribution in [0, 0.1) is 12.3 Å². The van der Waals surface area contributed by atoms with Crippen molar-refractivity contribution >= 4 is 23.1 Å². The highest BCUT2D eigenvalue weighted by atomic mass is 35.5. The second kappa shape index (κ2) is 6.66. The number of benzene rings is 1. The summed E-state index contributed by atoms with van der Waals surface area (Å²) in [5, 5.41) is 15.8. The third kappa shape index (κ3) is 4.63. The minimum absolute atomic E-state index is 0.269. The molecule has 0 unspecified atom stereocenters. The molecule has 0 saturated carbocycles. The molecule has 0 aliphatic carbocycles. The first-order valence-electron chi connectivity index (χ1n) is 6.35. The Bertz CT molecular complexity index is 458. The maximum Gasteiger partial charge on any atom is 0.144 e. The van der Waals surface area contributed by atoms with Crippen molar-refractivity contribution in [1.82, 2.24) is 0 Å². The van der Waals surface area contributed by atoms with E-state index in [1.807, 2.05) is 39.0 Å². The maximum absolute atomic E-state index is 8.69. The molecular formula is C14H22ClN3O. The monoisotopic (exact) mass is 283 g/mol. The number of anilines is 1. The normalized spacial score (nSPS) is 12.5. The van der Waals surface area contributed by atoms with Gasteiger partial charge in [0.15, 0.2) is 0 Å². The van der Waals surface area contributed by atoms with Crippen molar-refractivity contribution in [3.63, 3.8) is 0 Å². The zero-order chi connectivity index (χ0) is 14.5. The van der Waals surface area contributed by atoms with Gasteiger partial charge in [-0.2, -0.15) is 0 Å². The van der Waals surface area contributed by atoms with Crippen molar-refractivity contribution in [2.24, 2.45) is 16.3 Å². The number of hydrogen-bond donors (Lipinski definition) is 3. The number of halogens is 1. The fourth-order valence-corrected chi connectivity index (χ4v) is 1.91. The Hall–Kier alpha value is -1.42. The molecule has 0 radical (unpaired) electrons. The highest BCUT2D eigenvalue weighted by Gasteiger charge is 2.22. The first-order chi connectivity index (χ1) is 8.86. The Morgan fingerprint density at radius 3 is 2.74 bits per heavy atom. The first kappa shape index (κ1) is 15.6. The van der Waals surface area contributed by atoms with E-state index >= 15 is 0 Å². The predicted molar refractivity (Wildman–Crippen MR) is 81.1 cm³/mol. The number of rotatable bonds is 6. The minimum Gasteiger partial charge on any atom is -0.409 e. The summed E-state index contributed by atoms with van der Waals surface area (Å²) in [6.07, 6.45) is 1.77. The second-order valence-electron chi connectivity index (χ2n) is 5.36. The van der Waals surface area contributed by atoms with Gasteiger partial charge < -0.3 is 16.3 Å². The number of nitrogens with one attached hydrogen (secondary N) is 1. The zero-order valence-corrected chi connectivity index (χ0v) is 12.5. The van der Waals surface area contributed by atoms with Crippen LogP contribution in [0.15, 0.2) is 23.4 Å². The number of nitrogens with two attached hydrogens (primary N) is 1. The second-order valence-corrected chi connectivity index (χ2v) is 5.77. The summed E-state index contributed by atoms with van der Waals surface area (Å²) in [4.78, 5) is 0. The highest BCUT2D eigenvalue weighted by Crippen LogP contribution is 2.23. The molecule has 0 bridgehead atoms. The van der Waals surface area contributed by atoms with E-state index in [9.17, 15) is 0 Å². The molecule has 0 heterocycles. The molecule has 0 aliphatic heterocycles. The minimum atomic E-state index is -0.290. The van der Waals surface area contributed by atoms with Crippen LogP contribution in [0.3, 0.4) is 0 Å². The fraction of sp³-hybridized carbons (Fsp3) is 0.500. The molecule has 1 aromatic rings. The molecule has 4 nitrogen and oxygen atoms in total. The molecule has 1 aromatic carbocycles. The molecule has 1 rings (SSSR count). The molecule has 0 aliphatic rings. The van der Waals surface area contributed by atoms with E-state index in [0.717, 1.165) is 35.7 Å². The lowest BCUT2D eigenvalue weighted by atomic mass is 9.86. The lowest BCUT2D eigenvalue weighted by Crippen LogP contribution is -2.32. The Morgan fingerprint density at radius 2 is 2.16 bits per heavy atom. The van der Waals surface area contributed by atoms with Crippen molar-refractivity contribution in [2.45, 2.75) is 33.6 Å². The van der Waals surface area contributed by atoms with Crippen LogP contribution in [0.1, 0.15) is 32.3 Å². The lowest BCUT2D eigenvalue weighted by Gasteiger charge is -2.22. The molecule has 0 aromatic heterocycles. The Balaban J connectivity index is 2.41. The summed E-state index contributed by atoms with van der Waals surface area (Å²) in [5.41, 5.74) is 7.43. The molecule has 5 heteroatoms. The van der Waals surface area contributed by atoms with Crippen LogP contribution >= 0.6 is 11.6 Å². The summed E-state index contributed by atoms with van der Waals surface area (Å²) in [6, 6.07) is 5.92. The fourth-order valence-electron chi connectivity index (χ4n) is 1.73. The molecule has 19 heavy (non-hydrogen) atoms. The number of hydrogen-bond acceptors (Lipinski definition) is 3. The van der Waals surface area contributed by atoms with Crippen molar-refractivity contribution in [1.29, 1.82) is 0 Å². The summed E-state index contributed by atoms with van der Waals surface area (Å²) in [7, 11) is 0. The predicted octanol–water partition coefficient (Wildman–Crippen LogP) is 3.61. The molecule has 4 N–H and O–H groups in total. The van der Waals surface area contributed by atoms with Gasteiger partial charge in [0.05, 0.1) is 0 Å². The molecular weight excluding hydrogens is 262 g/mol. The molecule has 0 amide bonds. The Kier molecular flexibility index (Phi) is 5.48. The average molecular weight is 284 g/mol.